The van der Waals surface area contributed by atoms with Gasteiger partial charge < -0.3 is 25.3 Å². The summed E-state index contributed by atoms with van der Waals surface area (Å²) in [5.74, 6) is 2.00. The van der Waals surface area contributed by atoms with Crippen molar-refractivity contribution in [2.75, 3.05) is 45.5 Å². The number of fused-ring (bicyclic) bond motifs is 1. The van der Waals surface area contributed by atoms with Crippen LogP contribution in [-0.4, -0.2) is 49.4 Å². The van der Waals surface area contributed by atoms with Crippen molar-refractivity contribution < 1.29 is 14.2 Å². The van der Waals surface area contributed by atoms with Gasteiger partial charge in [0.25, 0.3) is 0 Å². The number of nitrogens with two attached hydrogens (primary N) is 1. The summed E-state index contributed by atoms with van der Waals surface area (Å²) in [6, 6.07) is 3.30. The van der Waals surface area contributed by atoms with E-state index in [9.17, 15) is 0 Å². The molecule has 0 unspecified atom stereocenters. The van der Waals surface area contributed by atoms with E-state index >= 15 is 0 Å². The first-order valence-corrected chi connectivity index (χ1v) is 9.02. The fourth-order valence-electron chi connectivity index (χ4n) is 2.65. The topological polar surface area (TPSA) is 104 Å². The molecule has 0 atom stereocenters. The van der Waals surface area contributed by atoms with E-state index in [4.69, 9.17) is 43.1 Å². The molecule has 0 bridgehead atoms. The van der Waals surface area contributed by atoms with Crippen LogP contribution >= 0.6 is 23.2 Å². The molecule has 2 aromatic heterocycles. The summed E-state index contributed by atoms with van der Waals surface area (Å²) in [4.78, 5) is 13.3. The van der Waals surface area contributed by atoms with Crippen LogP contribution in [0.4, 0.5) is 11.6 Å². The van der Waals surface area contributed by atoms with Crippen molar-refractivity contribution in [3.05, 3.63) is 28.4 Å². The number of methoxy groups -OCH3 is 3. The number of hydrogen-bond acceptors (Lipinski definition) is 8. The minimum Gasteiger partial charge on any atom is -0.495 e. The van der Waals surface area contributed by atoms with E-state index in [0.29, 0.717) is 53.2 Å². The molecule has 3 N–H and O–H groups in total. The van der Waals surface area contributed by atoms with Crippen molar-refractivity contribution in [2.45, 2.75) is 0 Å². The molecule has 1 aromatic carbocycles. The summed E-state index contributed by atoms with van der Waals surface area (Å²) in [5, 5.41) is 4.48. The van der Waals surface area contributed by atoms with E-state index in [1.165, 1.54) is 14.2 Å². The van der Waals surface area contributed by atoms with Crippen molar-refractivity contribution in [1.29, 1.82) is 0 Å². The molecule has 8 nitrogen and oxygen atoms in total. The number of nitrogen functional groups attached to an aromatic ring is 1. The summed E-state index contributed by atoms with van der Waals surface area (Å²) in [6.07, 6.45) is 1.57. The third-order valence-electron chi connectivity index (χ3n) is 4.00. The Bertz CT molecular complexity index is 988. The van der Waals surface area contributed by atoms with Crippen LogP contribution in [0.5, 0.6) is 11.5 Å². The molecule has 10 heteroatoms. The van der Waals surface area contributed by atoms with Crippen LogP contribution in [0.3, 0.4) is 0 Å². The molecule has 0 saturated heterocycles. The highest BCUT2D eigenvalue weighted by Gasteiger charge is 2.22. The second-order valence-corrected chi connectivity index (χ2v) is 6.48. The Morgan fingerprint density at radius 1 is 1.04 bits per heavy atom. The third-order valence-corrected chi connectivity index (χ3v) is 4.75. The van der Waals surface area contributed by atoms with Crippen molar-refractivity contribution in [3.63, 3.8) is 0 Å². The Kier molecular flexibility index (Phi) is 6.23. The zero-order valence-corrected chi connectivity index (χ0v) is 17.1. The van der Waals surface area contributed by atoms with Crippen molar-refractivity contribution in [1.82, 2.24) is 15.0 Å². The molecule has 0 aliphatic rings. The molecule has 0 fully saturated rings. The lowest BCUT2D eigenvalue weighted by Crippen LogP contribution is -2.10. The molecule has 0 aliphatic heterocycles. The second kappa shape index (κ2) is 8.64. The van der Waals surface area contributed by atoms with Gasteiger partial charge in [0, 0.05) is 25.1 Å². The van der Waals surface area contributed by atoms with Crippen molar-refractivity contribution >= 4 is 45.7 Å². The number of nitrogens with zero attached hydrogens (tertiary/aromatic N) is 3. The summed E-state index contributed by atoms with van der Waals surface area (Å²) >= 11 is 13.0. The van der Waals surface area contributed by atoms with Gasteiger partial charge in [0.2, 0.25) is 0 Å². The molecule has 0 aliphatic carbocycles. The summed E-state index contributed by atoms with van der Waals surface area (Å²) < 4.78 is 15.8. The lowest BCUT2D eigenvalue weighted by Gasteiger charge is -2.15. The van der Waals surface area contributed by atoms with Crippen LogP contribution in [0.2, 0.25) is 10.0 Å². The molecule has 0 amide bonds. The highest BCUT2D eigenvalue weighted by Crippen LogP contribution is 2.45. The summed E-state index contributed by atoms with van der Waals surface area (Å²) in [5.41, 5.74) is 6.80. The highest BCUT2D eigenvalue weighted by molar-refractivity contribution is 6.41. The quantitative estimate of drug-likeness (QED) is 0.554. The maximum atomic E-state index is 6.51. The fraction of sp³-hybridized carbons (Fsp3) is 0.278. The minimum absolute atomic E-state index is 0.277. The van der Waals surface area contributed by atoms with E-state index < -0.39 is 0 Å². The first kappa shape index (κ1) is 20.2. The third kappa shape index (κ3) is 3.84. The second-order valence-electron chi connectivity index (χ2n) is 5.73. The maximum absolute atomic E-state index is 6.51. The number of pyridine rings is 1. The SMILES string of the molecule is COCCNc1nc(-c2c(Cl)c(OC)cc(OC)c2Cl)nc2cnc(N)cc12. The molecule has 3 rings (SSSR count). The number of ether oxygens (including phenoxy) is 3. The normalized spacial score (nSPS) is 10.9. The van der Waals surface area contributed by atoms with Gasteiger partial charge in [-0.1, -0.05) is 23.2 Å². The van der Waals surface area contributed by atoms with Crippen LogP contribution in [0, 0.1) is 0 Å². The van der Waals surface area contributed by atoms with Gasteiger partial charge in [0.05, 0.1) is 48.1 Å². The van der Waals surface area contributed by atoms with Crippen LogP contribution in [-0.2, 0) is 4.74 Å². The molecule has 0 saturated carbocycles. The Morgan fingerprint density at radius 2 is 1.71 bits per heavy atom. The van der Waals surface area contributed by atoms with E-state index in [1.807, 2.05) is 0 Å². The van der Waals surface area contributed by atoms with E-state index in [-0.39, 0.29) is 10.0 Å². The van der Waals surface area contributed by atoms with Gasteiger partial charge in [-0.15, -0.1) is 0 Å². The van der Waals surface area contributed by atoms with Gasteiger partial charge in [-0.25, -0.2) is 15.0 Å². The summed E-state index contributed by atoms with van der Waals surface area (Å²) in [6.45, 7) is 1.03. The van der Waals surface area contributed by atoms with Gasteiger partial charge in [0.1, 0.15) is 23.1 Å². The largest absolute Gasteiger partial charge is 0.495 e. The van der Waals surface area contributed by atoms with Crippen LogP contribution in [0.15, 0.2) is 18.3 Å². The molecular weight excluding hydrogens is 405 g/mol. The molecule has 148 valence electrons. The number of anilines is 2. The molecule has 0 radical (unpaired) electrons. The van der Waals surface area contributed by atoms with E-state index in [2.05, 4.69) is 20.3 Å². The van der Waals surface area contributed by atoms with Crippen LogP contribution in [0.1, 0.15) is 0 Å². The highest BCUT2D eigenvalue weighted by atomic mass is 35.5. The van der Waals surface area contributed by atoms with Gasteiger partial charge >= 0.3 is 0 Å². The Balaban J connectivity index is 2.25. The number of hydrogen-bond donors (Lipinski definition) is 2. The van der Waals surface area contributed by atoms with Gasteiger partial charge in [-0.05, 0) is 6.07 Å². The Morgan fingerprint density at radius 3 is 2.32 bits per heavy atom. The van der Waals surface area contributed by atoms with Crippen LogP contribution < -0.4 is 20.5 Å². The average Bonchev–Trinajstić information content (AvgIpc) is 2.69. The first-order chi connectivity index (χ1) is 13.5. The smallest absolute Gasteiger partial charge is 0.165 e. The number of rotatable bonds is 7. The van der Waals surface area contributed by atoms with Gasteiger partial charge in [0.15, 0.2) is 5.82 Å². The van der Waals surface area contributed by atoms with Crippen molar-refractivity contribution in [2.24, 2.45) is 0 Å². The predicted octanol–water partition coefficient (Wildman–Crippen LogP) is 3.66. The van der Waals surface area contributed by atoms with E-state index in [1.54, 1.807) is 25.4 Å². The standard InChI is InChI=1S/C18H19Cl2N5O3/c1-26-5-4-22-17-9-6-13(21)23-8-10(9)24-18(25-17)14-15(19)11(27-2)7-12(28-3)16(14)20/h6-8H,4-5H2,1-3H3,(H2,21,23)(H,22,24,25). The van der Waals surface area contributed by atoms with Crippen molar-refractivity contribution in [3.8, 4) is 22.9 Å². The number of benzene rings is 1. The predicted molar refractivity (Wildman–Crippen MR) is 111 cm³/mol. The molecule has 28 heavy (non-hydrogen) atoms. The molecule has 2 heterocycles. The Labute approximate surface area is 171 Å². The van der Waals surface area contributed by atoms with E-state index in [0.717, 1.165) is 5.39 Å². The number of aromatic nitrogens is 3. The molecular formula is C18H19Cl2N5O3. The number of halogens is 2. The van der Waals surface area contributed by atoms with Crippen LogP contribution in [0.25, 0.3) is 22.3 Å². The monoisotopic (exact) mass is 423 g/mol. The zero-order valence-electron chi connectivity index (χ0n) is 15.5. The van der Waals surface area contributed by atoms with Gasteiger partial charge in [-0.3, -0.25) is 0 Å². The summed E-state index contributed by atoms with van der Waals surface area (Å²) in [7, 11) is 4.63. The zero-order chi connectivity index (χ0) is 20.3. The average molecular weight is 424 g/mol. The lowest BCUT2D eigenvalue weighted by molar-refractivity contribution is 0.210. The molecule has 3 aromatic rings. The lowest BCUT2D eigenvalue weighted by atomic mass is 10.1. The number of nitrogens with one attached hydrogen (secondary N) is 1. The molecule has 0 spiro atoms. The fourth-order valence-corrected chi connectivity index (χ4v) is 3.32. The maximum Gasteiger partial charge on any atom is 0.165 e. The Hall–Kier alpha value is -2.55. The minimum atomic E-state index is 0.277. The van der Waals surface area contributed by atoms with Gasteiger partial charge in [-0.2, -0.15) is 0 Å². The first-order valence-electron chi connectivity index (χ1n) is 8.26.